The van der Waals surface area contributed by atoms with E-state index >= 15 is 0 Å². The zero-order valence-corrected chi connectivity index (χ0v) is 14.5. The van der Waals surface area contributed by atoms with Crippen LogP contribution in [0.15, 0.2) is 12.1 Å². The van der Waals surface area contributed by atoms with Crippen LogP contribution in [0.25, 0.3) is 0 Å². The van der Waals surface area contributed by atoms with Crippen molar-refractivity contribution in [3.05, 3.63) is 12.1 Å². The maximum atomic E-state index is 6.05. The van der Waals surface area contributed by atoms with Crippen LogP contribution in [0.5, 0.6) is 17.2 Å². The number of ether oxygens (including phenoxy) is 3. The molecule has 0 bridgehead atoms. The van der Waals surface area contributed by atoms with E-state index in [0.29, 0.717) is 19.8 Å². The quantitative estimate of drug-likeness (QED) is 0.726. The number of hydrogen-bond donors (Lipinski definition) is 0. The summed E-state index contributed by atoms with van der Waals surface area (Å²) in [6.07, 6.45) is 2.42. The van der Waals surface area contributed by atoms with Crippen LogP contribution in [0.3, 0.4) is 0 Å². The van der Waals surface area contributed by atoms with Crippen LogP contribution in [0.1, 0.15) is 33.6 Å². The predicted octanol–water partition coefficient (Wildman–Crippen LogP) is 2.62. The molecule has 0 saturated carbocycles. The molecule has 1 atom stereocenters. The summed E-state index contributed by atoms with van der Waals surface area (Å²) < 4.78 is 23.5. The molecular weight excluding hydrogens is 284 g/mol. The van der Waals surface area contributed by atoms with Gasteiger partial charge in [0.15, 0.2) is 11.5 Å². The lowest BCUT2D eigenvalue weighted by Gasteiger charge is -2.25. The van der Waals surface area contributed by atoms with E-state index in [1.807, 2.05) is 26.8 Å². The Kier molecular flexibility index (Phi) is 6.38. The minimum atomic E-state index is -1.41. The first kappa shape index (κ1) is 16.2. The maximum absolute atomic E-state index is 6.05. The van der Waals surface area contributed by atoms with E-state index in [1.54, 1.807) is 0 Å². The Bertz CT molecular complexity index is 444. The second-order valence-corrected chi connectivity index (χ2v) is 7.48. The van der Waals surface area contributed by atoms with Gasteiger partial charge in [-0.15, -0.1) is 0 Å². The van der Waals surface area contributed by atoms with Crippen LogP contribution in [-0.2, 0) is 4.43 Å². The molecule has 2 rings (SSSR count). The Morgan fingerprint density at radius 3 is 2.29 bits per heavy atom. The molecule has 1 saturated heterocycles. The Morgan fingerprint density at radius 1 is 0.952 bits per heavy atom. The topological polar surface area (TPSA) is 36.9 Å². The van der Waals surface area contributed by atoms with E-state index < -0.39 is 9.04 Å². The second kappa shape index (κ2) is 8.29. The SMILES string of the molecule is CCOc1ccc([SiH]2CCCCO2)c(OCC)c1OCC. The van der Waals surface area contributed by atoms with Gasteiger partial charge in [-0.2, -0.15) is 0 Å². The summed E-state index contributed by atoms with van der Waals surface area (Å²) in [6.45, 7) is 8.65. The molecule has 21 heavy (non-hydrogen) atoms. The third-order valence-corrected chi connectivity index (χ3v) is 6.23. The molecule has 1 heterocycles. The first-order valence-corrected chi connectivity index (χ1v) is 9.85. The van der Waals surface area contributed by atoms with Crippen LogP contribution < -0.4 is 19.4 Å². The summed E-state index contributed by atoms with van der Waals surface area (Å²) in [5.74, 6) is 2.33. The van der Waals surface area contributed by atoms with Crippen LogP contribution in [-0.4, -0.2) is 35.5 Å². The van der Waals surface area contributed by atoms with E-state index in [1.165, 1.54) is 24.1 Å². The highest BCUT2D eigenvalue weighted by Crippen LogP contribution is 2.37. The minimum absolute atomic E-state index is 0.594. The van der Waals surface area contributed by atoms with Gasteiger partial charge in [0.1, 0.15) is 0 Å². The summed E-state index contributed by atoms with van der Waals surface area (Å²) in [4.78, 5) is 0. The highest BCUT2D eigenvalue weighted by atomic mass is 28.3. The highest BCUT2D eigenvalue weighted by molar-refractivity contribution is 6.68. The smallest absolute Gasteiger partial charge is 0.212 e. The molecule has 1 aromatic carbocycles. The van der Waals surface area contributed by atoms with Crippen molar-refractivity contribution >= 4 is 14.2 Å². The summed E-state index contributed by atoms with van der Waals surface area (Å²) in [6, 6.07) is 5.28. The van der Waals surface area contributed by atoms with Crippen molar-refractivity contribution in [1.82, 2.24) is 0 Å². The molecular formula is C16H26O4Si. The van der Waals surface area contributed by atoms with Gasteiger partial charge < -0.3 is 18.6 Å². The first-order valence-electron chi connectivity index (χ1n) is 7.98. The van der Waals surface area contributed by atoms with Crippen molar-refractivity contribution in [3.8, 4) is 17.2 Å². The van der Waals surface area contributed by atoms with E-state index in [4.69, 9.17) is 18.6 Å². The van der Waals surface area contributed by atoms with Gasteiger partial charge in [-0.1, -0.05) is 12.5 Å². The molecule has 0 radical (unpaired) electrons. The molecule has 0 amide bonds. The fraction of sp³-hybridized carbons (Fsp3) is 0.625. The predicted molar refractivity (Wildman–Crippen MR) is 86.7 cm³/mol. The molecule has 118 valence electrons. The highest BCUT2D eigenvalue weighted by Gasteiger charge is 2.26. The molecule has 1 fully saturated rings. The van der Waals surface area contributed by atoms with Crippen LogP contribution >= 0.6 is 0 Å². The molecule has 0 aliphatic carbocycles. The fourth-order valence-electron chi connectivity index (χ4n) is 2.64. The van der Waals surface area contributed by atoms with Crippen molar-refractivity contribution in [2.75, 3.05) is 26.4 Å². The van der Waals surface area contributed by atoms with E-state index in [-0.39, 0.29) is 0 Å². The van der Waals surface area contributed by atoms with Crippen LogP contribution in [0, 0.1) is 0 Å². The second-order valence-electron chi connectivity index (χ2n) is 4.97. The van der Waals surface area contributed by atoms with Gasteiger partial charge in [0.05, 0.1) is 19.8 Å². The minimum Gasteiger partial charge on any atom is -0.490 e. The molecule has 1 aromatic rings. The Balaban J connectivity index is 2.40. The van der Waals surface area contributed by atoms with E-state index in [0.717, 1.165) is 23.9 Å². The lowest BCUT2D eigenvalue weighted by molar-refractivity contribution is 0.260. The van der Waals surface area contributed by atoms with Crippen LogP contribution in [0.4, 0.5) is 0 Å². The lowest BCUT2D eigenvalue weighted by Crippen LogP contribution is -2.37. The summed E-state index contributed by atoms with van der Waals surface area (Å²) >= 11 is 0. The zero-order valence-electron chi connectivity index (χ0n) is 13.3. The molecule has 4 nitrogen and oxygen atoms in total. The molecule has 0 aromatic heterocycles. The fourth-order valence-corrected chi connectivity index (χ4v) is 5.23. The zero-order chi connectivity index (χ0) is 15.1. The van der Waals surface area contributed by atoms with Crippen molar-refractivity contribution in [2.45, 2.75) is 39.7 Å². The molecule has 1 aliphatic heterocycles. The van der Waals surface area contributed by atoms with E-state index in [9.17, 15) is 0 Å². The monoisotopic (exact) mass is 310 g/mol. The summed E-state index contributed by atoms with van der Waals surface area (Å²) in [5, 5.41) is 1.21. The number of rotatable bonds is 7. The van der Waals surface area contributed by atoms with E-state index in [2.05, 4.69) is 6.07 Å². The Hall–Kier alpha value is -1.20. The maximum Gasteiger partial charge on any atom is 0.212 e. The van der Waals surface area contributed by atoms with Crippen molar-refractivity contribution in [2.24, 2.45) is 0 Å². The van der Waals surface area contributed by atoms with Crippen molar-refractivity contribution in [1.29, 1.82) is 0 Å². The molecule has 0 N–H and O–H groups in total. The van der Waals surface area contributed by atoms with Gasteiger partial charge >= 0.3 is 0 Å². The third-order valence-electron chi connectivity index (χ3n) is 3.51. The van der Waals surface area contributed by atoms with Crippen molar-refractivity contribution in [3.63, 3.8) is 0 Å². The van der Waals surface area contributed by atoms with Crippen LogP contribution in [0.2, 0.25) is 6.04 Å². The van der Waals surface area contributed by atoms with Crippen molar-refractivity contribution < 1.29 is 18.6 Å². The van der Waals surface area contributed by atoms with Gasteiger partial charge in [-0.25, -0.2) is 0 Å². The van der Waals surface area contributed by atoms with Gasteiger partial charge in [0.25, 0.3) is 0 Å². The molecule has 5 heteroatoms. The summed E-state index contributed by atoms with van der Waals surface area (Å²) in [7, 11) is -1.41. The normalized spacial score (nSPS) is 18.3. The molecule has 1 unspecified atom stereocenters. The number of benzene rings is 1. The third kappa shape index (κ3) is 3.92. The first-order chi connectivity index (χ1) is 10.3. The average Bonchev–Trinajstić information content (AvgIpc) is 2.52. The standard InChI is InChI=1S/C16H26O4Si/c1-4-17-13-9-10-14(21-12-8-7-11-20-21)16(19-6-3)15(13)18-5-2/h9-10,21H,4-8,11-12H2,1-3H3. The van der Waals surface area contributed by atoms with Gasteiger partial charge in [0.2, 0.25) is 14.8 Å². The molecule has 0 spiro atoms. The number of hydrogen-bond acceptors (Lipinski definition) is 4. The lowest BCUT2D eigenvalue weighted by atomic mass is 10.3. The Labute approximate surface area is 129 Å². The summed E-state index contributed by atoms with van der Waals surface area (Å²) in [5.41, 5.74) is 0. The van der Waals surface area contributed by atoms with Gasteiger partial charge in [-0.3, -0.25) is 0 Å². The van der Waals surface area contributed by atoms with Gasteiger partial charge in [0, 0.05) is 11.8 Å². The Morgan fingerprint density at radius 2 is 1.67 bits per heavy atom. The average molecular weight is 310 g/mol. The molecule has 1 aliphatic rings. The largest absolute Gasteiger partial charge is 0.490 e. The van der Waals surface area contributed by atoms with Gasteiger partial charge in [-0.05, 0) is 39.3 Å².